The molecule has 2 atom stereocenters. The Morgan fingerprint density at radius 3 is 2.64 bits per heavy atom. The number of hydrogen-bond acceptors (Lipinski definition) is 6. The largest absolute Gasteiger partial charge is 0.463 e. The van der Waals surface area contributed by atoms with E-state index in [1.165, 1.54) is 16.2 Å². The predicted molar refractivity (Wildman–Crippen MR) is 127 cm³/mol. The van der Waals surface area contributed by atoms with Crippen molar-refractivity contribution in [2.24, 2.45) is 5.92 Å². The number of piperazine rings is 1. The normalized spacial score (nSPS) is 24.9. The van der Waals surface area contributed by atoms with E-state index in [0.29, 0.717) is 37.4 Å². The highest BCUT2D eigenvalue weighted by atomic mass is 32.1. The van der Waals surface area contributed by atoms with E-state index < -0.39 is 12.0 Å². The summed E-state index contributed by atoms with van der Waals surface area (Å²) in [4.78, 5) is 44.6. The number of carbonyl (C=O) groups is 3. The van der Waals surface area contributed by atoms with Crippen LogP contribution in [0.25, 0.3) is 0 Å². The van der Waals surface area contributed by atoms with Crippen LogP contribution in [0.5, 0.6) is 0 Å². The van der Waals surface area contributed by atoms with E-state index >= 15 is 0 Å². The fourth-order valence-corrected chi connectivity index (χ4v) is 5.90. The Bertz CT molecular complexity index is 910. The molecular weight excluding hydrogens is 440 g/mol. The number of nitrogens with zero attached hydrogens (tertiary/aromatic N) is 3. The Morgan fingerprint density at radius 2 is 2.00 bits per heavy atom. The zero-order valence-electron chi connectivity index (χ0n) is 19.7. The number of carbonyl (C=O) groups excluding carboxylic acids is 3. The van der Waals surface area contributed by atoms with Crippen LogP contribution in [-0.4, -0.2) is 78.5 Å². The average molecular weight is 475 g/mol. The lowest BCUT2D eigenvalue weighted by Gasteiger charge is -2.43. The van der Waals surface area contributed by atoms with Gasteiger partial charge in [-0.3, -0.25) is 14.6 Å². The maximum atomic E-state index is 13.0. The molecule has 0 spiro atoms. The standard InChI is InChI=1S/C24H34N4O4S/c1-4-32-23(30)20-19(26(3)24(31)25-21(20)18-9-12-33-15-18)14-27-10-11-28(16(2)13-27)22(29)17-7-5-6-8-17/h9,12,15-17,21H,4-8,10-11,13-14H2,1-3H3,(H,25,31). The fourth-order valence-electron chi connectivity index (χ4n) is 5.21. The van der Waals surface area contributed by atoms with Gasteiger partial charge in [0.05, 0.1) is 18.2 Å². The van der Waals surface area contributed by atoms with E-state index in [9.17, 15) is 14.4 Å². The lowest BCUT2D eigenvalue weighted by atomic mass is 9.96. The molecule has 2 unspecified atom stereocenters. The summed E-state index contributed by atoms with van der Waals surface area (Å²) in [6.45, 7) is 6.67. The number of urea groups is 1. The maximum absolute atomic E-state index is 13.0. The summed E-state index contributed by atoms with van der Waals surface area (Å²) in [7, 11) is 1.69. The lowest BCUT2D eigenvalue weighted by Crippen LogP contribution is -2.57. The van der Waals surface area contributed by atoms with Crippen molar-refractivity contribution in [2.45, 2.75) is 51.6 Å². The van der Waals surface area contributed by atoms with Crippen molar-refractivity contribution in [3.63, 3.8) is 0 Å². The molecule has 1 aromatic heterocycles. The molecule has 33 heavy (non-hydrogen) atoms. The van der Waals surface area contributed by atoms with E-state index in [4.69, 9.17) is 4.74 Å². The van der Waals surface area contributed by atoms with Crippen LogP contribution in [0.3, 0.4) is 0 Å². The zero-order chi connectivity index (χ0) is 23.5. The summed E-state index contributed by atoms with van der Waals surface area (Å²) >= 11 is 1.53. The van der Waals surface area contributed by atoms with Gasteiger partial charge in [-0.1, -0.05) is 12.8 Å². The quantitative estimate of drug-likeness (QED) is 0.641. The number of esters is 1. The molecule has 3 heterocycles. The summed E-state index contributed by atoms with van der Waals surface area (Å²) in [5.41, 5.74) is 2.02. The van der Waals surface area contributed by atoms with Crippen LogP contribution in [0, 0.1) is 5.92 Å². The molecule has 2 fully saturated rings. The highest BCUT2D eigenvalue weighted by Gasteiger charge is 2.39. The first-order chi connectivity index (χ1) is 15.9. The van der Waals surface area contributed by atoms with Gasteiger partial charge in [0.2, 0.25) is 5.91 Å². The third-order valence-electron chi connectivity index (χ3n) is 7.02. The molecule has 2 aliphatic heterocycles. The van der Waals surface area contributed by atoms with Gasteiger partial charge in [-0.25, -0.2) is 9.59 Å². The number of rotatable bonds is 6. The van der Waals surface area contributed by atoms with Gasteiger partial charge >= 0.3 is 12.0 Å². The fraction of sp³-hybridized carbons (Fsp3) is 0.625. The van der Waals surface area contributed by atoms with Gasteiger partial charge in [-0.2, -0.15) is 11.3 Å². The predicted octanol–water partition coefficient (Wildman–Crippen LogP) is 2.98. The highest BCUT2D eigenvalue weighted by Crippen LogP contribution is 2.33. The first-order valence-corrected chi connectivity index (χ1v) is 12.8. The van der Waals surface area contributed by atoms with Gasteiger partial charge in [0.15, 0.2) is 0 Å². The van der Waals surface area contributed by atoms with Gasteiger partial charge in [-0.05, 0) is 49.1 Å². The number of likely N-dealkylation sites (N-methyl/N-ethyl adjacent to an activating group) is 1. The maximum Gasteiger partial charge on any atom is 0.338 e. The number of hydrogen-bond donors (Lipinski definition) is 1. The van der Waals surface area contributed by atoms with Crippen molar-refractivity contribution in [2.75, 3.05) is 39.8 Å². The molecule has 3 amide bonds. The van der Waals surface area contributed by atoms with Crippen LogP contribution in [0.15, 0.2) is 28.1 Å². The van der Waals surface area contributed by atoms with Crippen molar-refractivity contribution in [1.29, 1.82) is 0 Å². The van der Waals surface area contributed by atoms with Crippen molar-refractivity contribution >= 4 is 29.2 Å². The van der Waals surface area contributed by atoms with Crippen LogP contribution in [0.2, 0.25) is 0 Å². The Labute approximate surface area is 199 Å². The minimum absolute atomic E-state index is 0.0916. The zero-order valence-corrected chi connectivity index (χ0v) is 20.5. The molecule has 0 radical (unpaired) electrons. The van der Waals surface area contributed by atoms with Crippen LogP contribution in [0.1, 0.15) is 51.1 Å². The summed E-state index contributed by atoms with van der Waals surface area (Å²) in [5, 5.41) is 6.83. The van der Waals surface area contributed by atoms with Crippen LogP contribution >= 0.6 is 11.3 Å². The second kappa shape index (κ2) is 10.3. The summed E-state index contributed by atoms with van der Waals surface area (Å²) in [6.07, 6.45) is 4.31. The van der Waals surface area contributed by atoms with E-state index in [1.54, 1.807) is 14.0 Å². The summed E-state index contributed by atoms with van der Waals surface area (Å²) in [6, 6.07) is 1.25. The second-order valence-corrected chi connectivity index (χ2v) is 9.96. The molecule has 1 saturated carbocycles. The van der Waals surface area contributed by atoms with Crippen LogP contribution in [0.4, 0.5) is 4.79 Å². The number of nitrogens with one attached hydrogen (secondary N) is 1. The Kier molecular flexibility index (Phi) is 7.38. The molecule has 180 valence electrons. The SMILES string of the molecule is CCOC(=O)C1=C(CN2CCN(C(=O)C3CCCC3)C(C)C2)N(C)C(=O)NC1c1ccsc1. The van der Waals surface area contributed by atoms with Crippen molar-refractivity contribution < 1.29 is 19.1 Å². The topological polar surface area (TPSA) is 82.2 Å². The molecular formula is C24H34N4O4S. The van der Waals surface area contributed by atoms with Crippen LogP contribution in [-0.2, 0) is 14.3 Å². The summed E-state index contributed by atoms with van der Waals surface area (Å²) < 4.78 is 5.40. The third-order valence-corrected chi connectivity index (χ3v) is 7.72. The lowest BCUT2D eigenvalue weighted by molar-refractivity contribution is -0.140. The molecule has 1 aromatic rings. The Morgan fingerprint density at radius 1 is 1.24 bits per heavy atom. The van der Waals surface area contributed by atoms with Gasteiger partial charge in [0.1, 0.15) is 0 Å². The number of amides is 3. The minimum atomic E-state index is -0.531. The van der Waals surface area contributed by atoms with Gasteiger partial charge in [0.25, 0.3) is 0 Å². The van der Waals surface area contributed by atoms with Crippen LogP contribution < -0.4 is 5.32 Å². The van der Waals surface area contributed by atoms with E-state index in [-0.39, 0.29) is 30.5 Å². The van der Waals surface area contributed by atoms with E-state index in [0.717, 1.165) is 31.2 Å². The molecule has 1 saturated heterocycles. The molecule has 0 bridgehead atoms. The molecule has 1 N–H and O–H groups in total. The van der Waals surface area contributed by atoms with E-state index in [2.05, 4.69) is 17.1 Å². The number of ether oxygens (including phenoxy) is 1. The first-order valence-electron chi connectivity index (χ1n) is 11.9. The number of thiophene rings is 1. The molecule has 3 aliphatic rings. The Hall–Kier alpha value is -2.39. The first kappa shape index (κ1) is 23.8. The average Bonchev–Trinajstić information content (AvgIpc) is 3.51. The Balaban J connectivity index is 1.55. The third kappa shape index (κ3) is 4.94. The molecule has 8 nitrogen and oxygen atoms in total. The molecule has 0 aromatic carbocycles. The smallest absolute Gasteiger partial charge is 0.338 e. The molecule has 9 heteroatoms. The highest BCUT2D eigenvalue weighted by molar-refractivity contribution is 7.08. The van der Waals surface area contributed by atoms with Crippen molar-refractivity contribution in [1.82, 2.24) is 20.0 Å². The van der Waals surface area contributed by atoms with Crippen molar-refractivity contribution in [3.8, 4) is 0 Å². The van der Waals surface area contributed by atoms with Crippen molar-refractivity contribution in [3.05, 3.63) is 33.7 Å². The molecule has 4 rings (SSSR count). The van der Waals surface area contributed by atoms with Gasteiger partial charge in [-0.15, -0.1) is 0 Å². The molecule has 1 aliphatic carbocycles. The summed E-state index contributed by atoms with van der Waals surface area (Å²) in [5.74, 6) is 0.0630. The van der Waals surface area contributed by atoms with Gasteiger partial charge in [0, 0.05) is 50.9 Å². The minimum Gasteiger partial charge on any atom is -0.463 e. The van der Waals surface area contributed by atoms with E-state index in [1.807, 2.05) is 21.7 Å². The monoisotopic (exact) mass is 474 g/mol. The van der Waals surface area contributed by atoms with Gasteiger partial charge < -0.3 is 15.0 Å². The second-order valence-electron chi connectivity index (χ2n) is 9.18.